The van der Waals surface area contributed by atoms with Crippen LogP contribution in [0.3, 0.4) is 0 Å². The maximum absolute atomic E-state index is 12.0. The highest BCUT2D eigenvalue weighted by Crippen LogP contribution is 2.14. The van der Waals surface area contributed by atoms with Crippen LogP contribution < -0.4 is 10.5 Å². The van der Waals surface area contributed by atoms with Crippen LogP contribution in [0.1, 0.15) is 23.7 Å². The molecular formula is C13H18N4O2S. The van der Waals surface area contributed by atoms with Gasteiger partial charge in [0.1, 0.15) is 4.90 Å². The van der Waals surface area contributed by atoms with Crippen molar-refractivity contribution >= 4 is 10.0 Å². The van der Waals surface area contributed by atoms with Crippen molar-refractivity contribution in [1.29, 1.82) is 0 Å². The molecule has 20 heavy (non-hydrogen) atoms. The molecule has 7 heteroatoms. The van der Waals surface area contributed by atoms with Crippen LogP contribution in [0.2, 0.25) is 0 Å². The van der Waals surface area contributed by atoms with Gasteiger partial charge in [-0.05, 0) is 18.9 Å². The summed E-state index contributed by atoms with van der Waals surface area (Å²) in [6.45, 7) is 1.94. The van der Waals surface area contributed by atoms with Crippen molar-refractivity contribution in [3.8, 4) is 0 Å². The van der Waals surface area contributed by atoms with E-state index in [9.17, 15) is 8.42 Å². The summed E-state index contributed by atoms with van der Waals surface area (Å²) in [5.74, 6) is 0. The number of aromatic nitrogens is 2. The summed E-state index contributed by atoms with van der Waals surface area (Å²) < 4.78 is 26.6. The molecule has 0 bridgehead atoms. The molecule has 4 N–H and O–H groups in total. The Labute approximate surface area is 118 Å². The van der Waals surface area contributed by atoms with E-state index in [-0.39, 0.29) is 17.5 Å². The van der Waals surface area contributed by atoms with Gasteiger partial charge in [0.2, 0.25) is 10.0 Å². The minimum atomic E-state index is -3.52. The van der Waals surface area contributed by atoms with Crippen molar-refractivity contribution in [2.24, 2.45) is 5.73 Å². The van der Waals surface area contributed by atoms with Crippen LogP contribution in [0.15, 0.2) is 41.4 Å². The Morgan fingerprint density at radius 1 is 1.35 bits per heavy atom. The lowest BCUT2D eigenvalue weighted by molar-refractivity contribution is 0.569. The summed E-state index contributed by atoms with van der Waals surface area (Å²) in [5, 5.41) is 6.32. The number of hydrogen-bond donors (Lipinski definition) is 3. The van der Waals surface area contributed by atoms with Crippen molar-refractivity contribution in [2.75, 3.05) is 6.54 Å². The lowest BCUT2D eigenvalue weighted by Crippen LogP contribution is -2.27. The number of nitrogens with two attached hydrogens (primary N) is 1. The molecule has 1 aromatic heterocycles. The fraction of sp³-hybridized carbons (Fsp3) is 0.308. The number of rotatable bonds is 6. The Morgan fingerprint density at radius 2 is 2.05 bits per heavy atom. The molecule has 0 spiro atoms. The number of sulfonamides is 1. The molecular weight excluding hydrogens is 276 g/mol. The molecule has 6 nitrogen and oxygen atoms in total. The van der Waals surface area contributed by atoms with E-state index >= 15 is 0 Å². The van der Waals surface area contributed by atoms with E-state index in [2.05, 4.69) is 14.9 Å². The van der Waals surface area contributed by atoms with Crippen molar-refractivity contribution in [2.45, 2.75) is 24.3 Å². The number of nitrogens with zero attached hydrogens (tertiary/aromatic N) is 1. The average molecular weight is 294 g/mol. The van der Waals surface area contributed by atoms with Crippen molar-refractivity contribution in [1.82, 2.24) is 14.9 Å². The number of benzene rings is 1. The van der Waals surface area contributed by atoms with E-state index in [1.807, 2.05) is 30.3 Å². The highest BCUT2D eigenvalue weighted by Gasteiger charge is 2.18. The van der Waals surface area contributed by atoms with Gasteiger partial charge in [0, 0.05) is 12.6 Å². The molecule has 0 saturated heterocycles. The third-order valence-electron chi connectivity index (χ3n) is 3.05. The maximum Gasteiger partial charge on any atom is 0.243 e. The van der Waals surface area contributed by atoms with Gasteiger partial charge in [0.25, 0.3) is 0 Å². The number of nitrogens with one attached hydrogen (secondary N) is 2. The summed E-state index contributed by atoms with van der Waals surface area (Å²) in [6.07, 6.45) is 1.83. The SMILES string of the molecule is Cc1[nH]ncc1S(=O)(=O)NCCC(N)c1ccccc1. The molecule has 0 aliphatic rings. The van der Waals surface area contributed by atoms with Crippen LogP contribution in [0.4, 0.5) is 0 Å². The van der Waals surface area contributed by atoms with Gasteiger partial charge in [0.15, 0.2) is 0 Å². The molecule has 0 radical (unpaired) electrons. The Bertz CT molecular complexity index is 652. The molecule has 2 aromatic rings. The standard InChI is InChI=1S/C13H18N4O2S/c1-10-13(9-15-17-10)20(18,19)16-8-7-12(14)11-5-3-2-4-6-11/h2-6,9,12,16H,7-8,14H2,1H3,(H,15,17). The van der Waals surface area contributed by atoms with E-state index in [1.165, 1.54) is 6.20 Å². The second kappa shape index (κ2) is 6.17. The lowest BCUT2D eigenvalue weighted by atomic mass is 10.1. The van der Waals surface area contributed by atoms with Crippen LogP contribution in [0.5, 0.6) is 0 Å². The topological polar surface area (TPSA) is 101 Å². The Hall–Kier alpha value is -1.70. The number of H-pyrrole nitrogens is 1. The molecule has 2 rings (SSSR count). The van der Waals surface area contributed by atoms with Crippen LogP contribution >= 0.6 is 0 Å². The predicted molar refractivity (Wildman–Crippen MR) is 76.5 cm³/mol. The molecule has 0 amide bonds. The zero-order chi connectivity index (χ0) is 14.6. The summed E-state index contributed by atoms with van der Waals surface area (Å²) >= 11 is 0. The Kier molecular flexibility index (Phi) is 4.53. The Morgan fingerprint density at radius 3 is 2.65 bits per heavy atom. The summed E-state index contributed by atoms with van der Waals surface area (Å²) in [5.41, 5.74) is 7.53. The molecule has 108 valence electrons. The fourth-order valence-corrected chi connectivity index (χ4v) is 3.09. The van der Waals surface area contributed by atoms with Gasteiger partial charge in [-0.25, -0.2) is 13.1 Å². The summed E-state index contributed by atoms with van der Waals surface area (Å²) in [4.78, 5) is 0.172. The van der Waals surface area contributed by atoms with Gasteiger partial charge in [-0.2, -0.15) is 5.10 Å². The second-order valence-corrected chi connectivity index (χ2v) is 6.30. The van der Waals surface area contributed by atoms with Crippen molar-refractivity contribution in [3.05, 3.63) is 47.8 Å². The maximum atomic E-state index is 12.0. The third-order valence-corrected chi connectivity index (χ3v) is 4.62. The van der Waals surface area contributed by atoms with Crippen LogP contribution in [-0.2, 0) is 10.0 Å². The van der Waals surface area contributed by atoms with Gasteiger partial charge in [-0.15, -0.1) is 0 Å². The number of aryl methyl sites for hydroxylation is 1. The molecule has 0 saturated carbocycles. The zero-order valence-corrected chi connectivity index (χ0v) is 12.0. The van der Waals surface area contributed by atoms with Crippen LogP contribution in [0.25, 0.3) is 0 Å². The second-order valence-electron chi connectivity index (χ2n) is 4.56. The molecule has 1 heterocycles. The predicted octanol–water partition coefficient (Wildman–Crippen LogP) is 1.09. The van der Waals surface area contributed by atoms with Gasteiger partial charge >= 0.3 is 0 Å². The first-order valence-corrected chi connectivity index (χ1v) is 7.79. The molecule has 0 fully saturated rings. The Balaban J connectivity index is 1.92. The smallest absolute Gasteiger partial charge is 0.243 e. The van der Waals surface area contributed by atoms with Gasteiger partial charge in [-0.1, -0.05) is 30.3 Å². The van der Waals surface area contributed by atoms with E-state index in [0.29, 0.717) is 12.1 Å². The van der Waals surface area contributed by atoms with E-state index in [1.54, 1.807) is 6.92 Å². The first-order valence-electron chi connectivity index (χ1n) is 6.31. The van der Waals surface area contributed by atoms with E-state index in [0.717, 1.165) is 5.56 Å². The average Bonchev–Trinajstić information content (AvgIpc) is 2.86. The molecule has 0 aliphatic carbocycles. The van der Waals surface area contributed by atoms with E-state index in [4.69, 9.17) is 5.73 Å². The summed E-state index contributed by atoms with van der Waals surface area (Å²) in [6, 6.07) is 9.41. The minimum absolute atomic E-state index is 0.172. The third kappa shape index (κ3) is 3.44. The molecule has 1 atom stereocenters. The lowest BCUT2D eigenvalue weighted by Gasteiger charge is -2.12. The summed E-state index contributed by atoms with van der Waals surface area (Å²) in [7, 11) is -3.52. The zero-order valence-electron chi connectivity index (χ0n) is 11.2. The van der Waals surface area contributed by atoms with Gasteiger partial charge < -0.3 is 5.73 Å². The normalized spacial score (nSPS) is 13.3. The van der Waals surface area contributed by atoms with E-state index < -0.39 is 10.0 Å². The van der Waals surface area contributed by atoms with Gasteiger partial charge in [-0.3, -0.25) is 5.10 Å². The monoisotopic (exact) mass is 294 g/mol. The minimum Gasteiger partial charge on any atom is -0.324 e. The number of hydrogen-bond acceptors (Lipinski definition) is 4. The van der Waals surface area contributed by atoms with Crippen molar-refractivity contribution in [3.63, 3.8) is 0 Å². The first kappa shape index (κ1) is 14.7. The van der Waals surface area contributed by atoms with Gasteiger partial charge in [0.05, 0.1) is 11.9 Å². The fourth-order valence-electron chi connectivity index (χ4n) is 1.90. The van der Waals surface area contributed by atoms with Crippen LogP contribution in [-0.4, -0.2) is 25.2 Å². The van der Waals surface area contributed by atoms with Crippen molar-refractivity contribution < 1.29 is 8.42 Å². The molecule has 1 aromatic carbocycles. The number of aromatic amines is 1. The molecule has 0 aliphatic heterocycles. The highest BCUT2D eigenvalue weighted by molar-refractivity contribution is 7.89. The first-order chi connectivity index (χ1) is 9.50. The van der Waals surface area contributed by atoms with Crippen LogP contribution in [0, 0.1) is 6.92 Å². The molecule has 1 unspecified atom stereocenters. The largest absolute Gasteiger partial charge is 0.324 e. The quantitative estimate of drug-likeness (QED) is 0.742. The highest BCUT2D eigenvalue weighted by atomic mass is 32.2.